The Morgan fingerprint density at radius 1 is 0.842 bits per heavy atom. The third-order valence-corrected chi connectivity index (χ3v) is 5.53. The number of piperazine rings is 1. The minimum atomic E-state index is 0.844. The average Bonchev–Trinajstić information content (AvgIpc) is 2.60. The Morgan fingerprint density at radius 2 is 1.63 bits per heavy atom. The molecule has 2 saturated heterocycles. The average molecular weight is 265 g/mol. The summed E-state index contributed by atoms with van der Waals surface area (Å²) in [6.07, 6.45) is 8.78. The van der Waals surface area contributed by atoms with Gasteiger partial charge in [0.1, 0.15) is 0 Å². The third kappa shape index (κ3) is 3.71. The van der Waals surface area contributed by atoms with E-state index in [4.69, 9.17) is 0 Å². The Labute approximate surface area is 118 Å². The SMILES string of the molecule is CN1CCN([C@H]2CCCCN(CC3CCC3)C2)CC1. The molecule has 3 nitrogen and oxygen atoms in total. The first-order valence-corrected chi connectivity index (χ1v) is 8.46. The van der Waals surface area contributed by atoms with E-state index in [1.807, 2.05) is 0 Å². The van der Waals surface area contributed by atoms with Crippen LogP contribution >= 0.6 is 0 Å². The van der Waals surface area contributed by atoms with Gasteiger partial charge in [-0.3, -0.25) is 4.90 Å². The minimum absolute atomic E-state index is 0.844. The summed E-state index contributed by atoms with van der Waals surface area (Å²) < 4.78 is 0. The predicted molar refractivity (Wildman–Crippen MR) is 80.5 cm³/mol. The fourth-order valence-corrected chi connectivity index (χ4v) is 3.89. The first kappa shape index (κ1) is 13.8. The Kier molecular flexibility index (Phi) is 4.78. The van der Waals surface area contributed by atoms with Crippen LogP contribution < -0.4 is 0 Å². The first-order chi connectivity index (χ1) is 9.31. The molecule has 0 N–H and O–H groups in total. The fourth-order valence-electron chi connectivity index (χ4n) is 3.89. The predicted octanol–water partition coefficient (Wildman–Crippen LogP) is 1.89. The molecular weight excluding hydrogens is 234 g/mol. The Bertz CT molecular complexity index is 269. The highest BCUT2D eigenvalue weighted by molar-refractivity contribution is 4.84. The molecule has 3 fully saturated rings. The molecule has 1 atom stereocenters. The van der Waals surface area contributed by atoms with Crippen LogP contribution in [0.4, 0.5) is 0 Å². The lowest BCUT2D eigenvalue weighted by Crippen LogP contribution is -2.52. The molecule has 0 aromatic carbocycles. The van der Waals surface area contributed by atoms with Gasteiger partial charge in [-0.05, 0) is 45.2 Å². The largest absolute Gasteiger partial charge is 0.304 e. The normalized spacial score (nSPS) is 33.0. The van der Waals surface area contributed by atoms with Gasteiger partial charge in [-0.1, -0.05) is 12.8 Å². The zero-order chi connectivity index (χ0) is 13.1. The molecule has 3 heteroatoms. The molecule has 19 heavy (non-hydrogen) atoms. The van der Waals surface area contributed by atoms with Crippen LogP contribution in [-0.4, -0.2) is 73.6 Å². The monoisotopic (exact) mass is 265 g/mol. The van der Waals surface area contributed by atoms with Crippen LogP contribution in [0.1, 0.15) is 38.5 Å². The summed E-state index contributed by atoms with van der Waals surface area (Å²) in [5.74, 6) is 1.03. The standard InChI is InChI=1S/C16H31N3/c1-17-9-11-19(12-10-17)16-7-2-3-8-18(14-16)13-15-5-4-6-15/h15-16H,2-14H2,1H3/t16-/m0/s1. The van der Waals surface area contributed by atoms with Gasteiger partial charge in [0.05, 0.1) is 0 Å². The molecule has 2 heterocycles. The zero-order valence-electron chi connectivity index (χ0n) is 12.7. The van der Waals surface area contributed by atoms with Gasteiger partial charge >= 0.3 is 0 Å². The highest BCUT2D eigenvalue weighted by Gasteiger charge is 2.28. The van der Waals surface area contributed by atoms with Crippen LogP contribution in [-0.2, 0) is 0 Å². The van der Waals surface area contributed by atoms with E-state index < -0.39 is 0 Å². The van der Waals surface area contributed by atoms with Gasteiger partial charge in [-0.15, -0.1) is 0 Å². The van der Waals surface area contributed by atoms with Gasteiger partial charge in [-0.25, -0.2) is 0 Å². The van der Waals surface area contributed by atoms with E-state index in [1.54, 1.807) is 0 Å². The molecule has 0 amide bonds. The van der Waals surface area contributed by atoms with Crippen molar-refractivity contribution in [2.75, 3.05) is 52.9 Å². The number of rotatable bonds is 3. The maximum Gasteiger partial charge on any atom is 0.0224 e. The minimum Gasteiger partial charge on any atom is -0.304 e. The molecule has 0 bridgehead atoms. The van der Waals surface area contributed by atoms with Gasteiger partial charge in [0.25, 0.3) is 0 Å². The molecule has 3 aliphatic rings. The lowest BCUT2D eigenvalue weighted by Gasteiger charge is -2.40. The van der Waals surface area contributed by atoms with Gasteiger partial charge in [0.2, 0.25) is 0 Å². The molecule has 2 aliphatic heterocycles. The number of likely N-dealkylation sites (tertiary alicyclic amines) is 1. The molecule has 0 spiro atoms. The second kappa shape index (κ2) is 6.55. The molecule has 0 radical (unpaired) electrons. The van der Waals surface area contributed by atoms with E-state index in [9.17, 15) is 0 Å². The van der Waals surface area contributed by atoms with Crippen molar-refractivity contribution in [1.29, 1.82) is 0 Å². The first-order valence-electron chi connectivity index (χ1n) is 8.46. The van der Waals surface area contributed by atoms with Crippen molar-refractivity contribution in [2.45, 2.75) is 44.6 Å². The third-order valence-electron chi connectivity index (χ3n) is 5.53. The molecule has 0 unspecified atom stereocenters. The summed E-state index contributed by atoms with van der Waals surface area (Å²) >= 11 is 0. The smallest absolute Gasteiger partial charge is 0.0224 e. The second-order valence-corrected chi connectivity index (χ2v) is 7.05. The van der Waals surface area contributed by atoms with Crippen molar-refractivity contribution < 1.29 is 0 Å². The molecule has 0 aromatic heterocycles. The topological polar surface area (TPSA) is 9.72 Å². The Hall–Kier alpha value is -0.120. The van der Waals surface area contributed by atoms with E-state index in [0.717, 1.165) is 12.0 Å². The van der Waals surface area contributed by atoms with E-state index in [0.29, 0.717) is 0 Å². The Balaban J connectivity index is 1.51. The highest BCUT2D eigenvalue weighted by atomic mass is 15.3. The number of hydrogen-bond acceptors (Lipinski definition) is 3. The summed E-state index contributed by atoms with van der Waals surface area (Å²) in [4.78, 5) is 8.04. The summed E-state index contributed by atoms with van der Waals surface area (Å²) in [6.45, 7) is 9.21. The maximum atomic E-state index is 2.79. The van der Waals surface area contributed by atoms with Crippen LogP contribution in [0.5, 0.6) is 0 Å². The van der Waals surface area contributed by atoms with Crippen LogP contribution in [0, 0.1) is 5.92 Å². The summed E-state index contributed by atoms with van der Waals surface area (Å²) in [6, 6.07) is 0.844. The number of hydrogen-bond donors (Lipinski definition) is 0. The van der Waals surface area contributed by atoms with E-state index in [-0.39, 0.29) is 0 Å². The van der Waals surface area contributed by atoms with Gasteiger partial charge in [0, 0.05) is 45.3 Å². The van der Waals surface area contributed by atoms with E-state index in [2.05, 4.69) is 21.7 Å². The highest BCUT2D eigenvalue weighted by Crippen LogP contribution is 2.28. The van der Waals surface area contributed by atoms with Gasteiger partial charge in [-0.2, -0.15) is 0 Å². The van der Waals surface area contributed by atoms with Crippen LogP contribution in [0.25, 0.3) is 0 Å². The fraction of sp³-hybridized carbons (Fsp3) is 1.00. The van der Waals surface area contributed by atoms with E-state index >= 15 is 0 Å². The van der Waals surface area contributed by atoms with Crippen molar-refractivity contribution in [2.24, 2.45) is 5.92 Å². The van der Waals surface area contributed by atoms with Crippen LogP contribution in [0.15, 0.2) is 0 Å². The van der Waals surface area contributed by atoms with Gasteiger partial charge in [0.15, 0.2) is 0 Å². The summed E-state index contributed by atoms with van der Waals surface area (Å²) in [7, 11) is 2.26. The maximum absolute atomic E-state index is 2.79. The summed E-state index contributed by atoms with van der Waals surface area (Å²) in [5.41, 5.74) is 0. The number of nitrogens with zero attached hydrogens (tertiary/aromatic N) is 3. The van der Waals surface area contributed by atoms with Crippen molar-refractivity contribution in [1.82, 2.24) is 14.7 Å². The van der Waals surface area contributed by atoms with Gasteiger partial charge < -0.3 is 9.80 Å². The van der Waals surface area contributed by atoms with E-state index in [1.165, 1.54) is 84.3 Å². The molecule has 3 rings (SSSR count). The second-order valence-electron chi connectivity index (χ2n) is 7.05. The zero-order valence-corrected chi connectivity index (χ0v) is 12.7. The van der Waals surface area contributed by atoms with Crippen molar-refractivity contribution in [3.63, 3.8) is 0 Å². The quantitative estimate of drug-likeness (QED) is 0.771. The summed E-state index contributed by atoms with van der Waals surface area (Å²) in [5, 5.41) is 0. The molecule has 1 saturated carbocycles. The molecule has 1 aliphatic carbocycles. The Morgan fingerprint density at radius 3 is 2.32 bits per heavy atom. The lowest BCUT2D eigenvalue weighted by molar-refractivity contribution is 0.0802. The number of likely N-dealkylation sites (N-methyl/N-ethyl adjacent to an activating group) is 1. The molecular formula is C16H31N3. The van der Waals surface area contributed by atoms with Crippen molar-refractivity contribution >= 4 is 0 Å². The van der Waals surface area contributed by atoms with Crippen molar-refractivity contribution in [3.05, 3.63) is 0 Å². The van der Waals surface area contributed by atoms with Crippen LogP contribution in [0.3, 0.4) is 0 Å². The molecule has 0 aromatic rings. The lowest BCUT2D eigenvalue weighted by atomic mass is 9.85. The van der Waals surface area contributed by atoms with Crippen LogP contribution in [0.2, 0.25) is 0 Å². The molecule has 110 valence electrons. The van der Waals surface area contributed by atoms with Crippen molar-refractivity contribution in [3.8, 4) is 0 Å².